The Balaban J connectivity index is 2.23. The minimum Gasteiger partial charge on any atom is -0.392 e. The third kappa shape index (κ3) is 2.21. The minimum absolute atomic E-state index is 0.0842. The summed E-state index contributed by atoms with van der Waals surface area (Å²) in [5.41, 5.74) is 0.183. The fraction of sp³-hybridized carbons (Fsp3) is 0.889. The number of hydrogen-bond donors (Lipinski definition) is 2. The Morgan fingerprint density at radius 2 is 2.25 bits per heavy atom. The van der Waals surface area contributed by atoms with Crippen molar-refractivity contribution in [1.29, 1.82) is 0 Å². The van der Waals surface area contributed by atoms with Gasteiger partial charge < -0.3 is 10.4 Å². The van der Waals surface area contributed by atoms with Crippen molar-refractivity contribution in [3.8, 4) is 0 Å². The Hall–Kier alpha value is -0.570. The molecule has 3 heteroatoms. The van der Waals surface area contributed by atoms with E-state index in [4.69, 9.17) is 5.11 Å². The molecule has 12 heavy (non-hydrogen) atoms. The van der Waals surface area contributed by atoms with Gasteiger partial charge in [0.05, 0.1) is 6.10 Å². The summed E-state index contributed by atoms with van der Waals surface area (Å²) in [5.74, 6) is 0.247. The van der Waals surface area contributed by atoms with Crippen LogP contribution in [0.5, 0.6) is 0 Å². The fourth-order valence-electron chi connectivity index (χ4n) is 1.29. The molecule has 70 valence electrons. The summed E-state index contributed by atoms with van der Waals surface area (Å²) in [6.45, 7) is 6.20. The van der Waals surface area contributed by atoms with Crippen LogP contribution < -0.4 is 5.32 Å². The van der Waals surface area contributed by atoms with E-state index in [0.717, 1.165) is 6.42 Å². The number of amides is 1. The second kappa shape index (κ2) is 3.05. The number of nitrogens with one attached hydrogen (secondary N) is 1. The van der Waals surface area contributed by atoms with Crippen molar-refractivity contribution in [2.45, 2.75) is 33.3 Å². The molecule has 1 aliphatic carbocycles. The lowest BCUT2D eigenvalue weighted by Gasteiger charge is -2.07. The average molecular weight is 171 g/mol. The molecule has 0 bridgehead atoms. The van der Waals surface area contributed by atoms with Gasteiger partial charge in [0.1, 0.15) is 0 Å². The molecule has 0 aliphatic heterocycles. The Labute approximate surface area is 73.2 Å². The van der Waals surface area contributed by atoms with Gasteiger partial charge in [-0.1, -0.05) is 13.8 Å². The molecule has 0 aromatic rings. The van der Waals surface area contributed by atoms with Gasteiger partial charge in [0, 0.05) is 12.5 Å². The number of hydrogen-bond acceptors (Lipinski definition) is 2. The van der Waals surface area contributed by atoms with Gasteiger partial charge in [0.2, 0.25) is 5.91 Å². The summed E-state index contributed by atoms with van der Waals surface area (Å²) in [6, 6.07) is 0. The van der Waals surface area contributed by atoms with Crippen LogP contribution in [0.1, 0.15) is 27.2 Å². The maximum Gasteiger partial charge on any atom is 0.223 e. The number of carbonyl (C=O) groups excluding carboxylic acids is 1. The van der Waals surface area contributed by atoms with E-state index in [2.05, 4.69) is 19.2 Å². The first kappa shape index (κ1) is 9.52. The van der Waals surface area contributed by atoms with E-state index in [0.29, 0.717) is 6.54 Å². The number of aliphatic hydroxyl groups is 1. The van der Waals surface area contributed by atoms with E-state index >= 15 is 0 Å². The van der Waals surface area contributed by atoms with Crippen LogP contribution in [0.3, 0.4) is 0 Å². The largest absolute Gasteiger partial charge is 0.392 e. The molecular weight excluding hydrogens is 154 g/mol. The van der Waals surface area contributed by atoms with Crippen LogP contribution in [0.4, 0.5) is 0 Å². The van der Waals surface area contributed by atoms with Crippen molar-refractivity contribution in [2.24, 2.45) is 11.3 Å². The molecule has 0 saturated heterocycles. The lowest BCUT2D eigenvalue weighted by molar-refractivity contribution is -0.123. The van der Waals surface area contributed by atoms with E-state index in [1.165, 1.54) is 0 Å². The van der Waals surface area contributed by atoms with Crippen LogP contribution in [-0.4, -0.2) is 23.7 Å². The fourth-order valence-corrected chi connectivity index (χ4v) is 1.29. The van der Waals surface area contributed by atoms with Gasteiger partial charge in [-0.3, -0.25) is 4.79 Å². The first-order valence-electron chi connectivity index (χ1n) is 4.39. The summed E-state index contributed by atoms with van der Waals surface area (Å²) >= 11 is 0. The second-order valence-electron chi connectivity index (χ2n) is 4.34. The number of aliphatic hydroxyl groups excluding tert-OH is 1. The van der Waals surface area contributed by atoms with E-state index in [1.807, 2.05) is 0 Å². The molecule has 0 heterocycles. The molecule has 1 rings (SSSR count). The minimum atomic E-state index is -0.448. The highest BCUT2D eigenvalue weighted by Crippen LogP contribution is 2.51. The summed E-state index contributed by atoms with van der Waals surface area (Å²) in [5, 5.41) is 11.6. The van der Waals surface area contributed by atoms with E-state index in [9.17, 15) is 4.79 Å². The average Bonchev–Trinajstić information content (AvgIpc) is 2.55. The highest BCUT2D eigenvalue weighted by atomic mass is 16.3. The zero-order valence-corrected chi connectivity index (χ0v) is 7.92. The van der Waals surface area contributed by atoms with Crippen molar-refractivity contribution in [3.63, 3.8) is 0 Å². The van der Waals surface area contributed by atoms with Gasteiger partial charge in [0.15, 0.2) is 0 Å². The molecule has 0 radical (unpaired) electrons. The molecule has 0 aromatic carbocycles. The lowest BCUT2D eigenvalue weighted by atomic mass is 10.1. The Bertz CT molecular complexity index is 187. The number of rotatable bonds is 3. The maximum absolute atomic E-state index is 11.3. The summed E-state index contributed by atoms with van der Waals surface area (Å²) in [7, 11) is 0. The molecular formula is C9H17NO2. The Morgan fingerprint density at radius 1 is 1.75 bits per heavy atom. The van der Waals surface area contributed by atoms with Crippen molar-refractivity contribution in [1.82, 2.24) is 5.32 Å². The van der Waals surface area contributed by atoms with Gasteiger partial charge >= 0.3 is 0 Å². The SMILES string of the molecule is CC(O)CNC(=O)C1CC1(C)C. The molecule has 1 fully saturated rings. The third-order valence-corrected chi connectivity index (χ3v) is 2.40. The zero-order valence-electron chi connectivity index (χ0n) is 7.92. The normalized spacial score (nSPS) is 27.8. The van der Waals surface area contributed by atoms with Crippen molar-refractivity contribution in [2.75, 3.05) is 6.54 Å². The summed E-state index contributed by atoms with van der Waals surface area (Å²) in [6.07, 6.45) is 0.523. The predicted molar refractivity (Wildman–Crippen MR) is 46.6 cm³/mol. The summed E-state index contributed by atoms with van der Waals surface area (Å²) in [4.78, 5) is 11.3. The molecule has 0 aromatic heterocycles. The van der Waals surface area contributed by atoms with Crippen LogP contribution in [0, 0.1) is 11.3 Å². The molecule has 2 unspecified atom stereocenters. The first-order valence-corrected chi connectivity index (χ1v) is 4.39. The molecule has 1 aliphatic rings. The first-order chi connectivity index (χ1) is 5.43. The van der Waals surface area contributed by atoms with Crippen LogP contribution in [0.2, 0.25) is 0 Å². The van der Waals surface area contributed by atoms with E-state index in [-0.39, 0.29) is 17.2 Å². The smallest absolute Gasteiger partial charge is 0.223 e. The van der Waals surface area contributed by atoms with Crippen molar-refractivity contribution >= 4 is 5.91 Å². The van der Waals surface area contributed by atoms with Crippen LogP contribution >= 0.6 is 0 Å². The Kier molecular flexibility index (Phi) is 2.42. The van der Waals surface area contributed by atoms with Crippen LogP contribution in [0.25, 0.3) is 0 Å². The van der Waals surface area contributed by atoms with Crippen molar-refractivity contribution < 1.29 is 9.90 Å². The standard InChI is InChI=1S/C9H17NO2/c1-6(11)5-10-8(12)7-4-9(7,2)3/h6-7,11H,4-5H2,1-3H3,(H,10,12). The topological polar surface area (TPSA) is 49.3 Å². The van der Waals surface area contributed by atoms with E-state index in [1.54, 1.807) is 6.92 Å². The highest BCUT2D eigenvalue weighted by molar-refractivity contribution is 5.82. The molecule has 1 saturated carbocycles. The second-order valence-corrected chi connectivity index (χ2v) is 4.34. The zero-order chi connectivity index (χ0) is 9.35. The highest BCUT2D eigenvalue weighted by Gasteiger charge is 2.50. The maximum atomic E-state index is 11.3. The summed E-state index contributed by atoms with van der Waals surface area (Å²) < 4.78 is 0. The molecule has 2 atom stereocenters. The molecule has 2 N–H and O–H groups in total. The predicted octanol–water partition coefficient (Wildman–Crippen LogP) is 0.529. The molecule has 1 amide bonds. The van der Waals surface area contributed by atoms with Gasteiger partial charge in [-0.05, 0) is 18.8 Å². The monoisotopic (exact) mass is 171 g/mol. The van der Waals surface area contributed by atoms with Crippen molar-refractivity contribution in [3.05, 3.63) is 0 Å². The lowest BCUT2D eigenvalue weighted by Crippen LogP contribution is -2.32. The Morgan fingerprint density at radius 3 is 2.58 bits per heavy atom. The quantitative estimate of drug-likeness (QED) is 0.650. The molecule has 0 spiro atoms. The van der Waals surface area contributed by atoms with E-state index < -0.39 is 6.10 Å². The number of carbonyl (C=O) groups is 1. The van der Waals surface area contributed by atoms with Gasteiger partial charge in [-0.25, -0.2) is 0 Å². The van der Waals surface area contributed by atoms with Crippen LogP contribution in [-0.2, 0) is 4.79 Å². The van der Waals surface area contributed by atoms with Gasteiger partial charge in [0.25, 0.3) is 0 Å². The molecule has 3 nitrogen and oxygen atoms in total. The third-order valence-electron chi connectivity index (χ3n) is 2.40. The van der Waals surface area contributed by atoms with Crippen LogP contribution in [0.15, 0.2) is 0 Å². The van der Waals surface area contributed by atoms with Gasteiger partial charge in [-0.15, -0.1) is 0 Å². The van der Waals surface area contributed by atoms with Gasteiger partial charge in [-0.2, -0.15) is 0 Å².